The van der Waals surface area contributed by atoms with Gasteiger partial charge in [0.05, 0.1) is 36.2 Å². The van der Waals surface area contributed by atoms with Crippen molar-refractivity contribution >= 4 is 5.69 Å². The number of ether oxygens (including phenoxy) is 2. The standard InChI is InChI=1S/C14H16N2O4/c1-19-13-6-11(5-12(7-13)16(17)18)8-14(9-15)3-2-4-20-10-14/h5-7H,2-4,8,10H2,1H3. The molecule has 0 aliphatic carbocycles. The number of methoxy groups -OCH3 is 1. The minimum atomic E-state index is -0.599. The van der Waals surface area contributed by atoms with Crippen LogP contribution >= 0.6 is 0 Å². The van der Waals surface area contributed by atoms with Crippen LogP contribution in [0.5, 0.6) is 5.75 Å². The average Bonchev–Trinajstić information content (AvgIpc) is 2.47. The Hall–Kier alpha value is -2.13. The Balaban J connectivity index is 2.30. The third kappa shape index (κ3) is 3.06. The number of nitrogens with zero attached hydrogens (tertiary/aromatic N) is 2. The SMILES string of the molecule is COc1cc(CC2(C#N)CCCOC2)cc([N+](=O)[O-])c1. The van der Waals surface area contributed by atoms with Gasteiger partial charge in [0.25, 0.3) is 5.69 Å². The van der Waals surface area contributed by atoms with Crippen LogP contribution in [-0.4, -0.2) is 25.2 Å². The Kier molecular flexibility index (Phi) is 4.20. The van der Waals surface area contributed by atoms with Crippen molar-refractivity contribution in [1.29, 1.82) is 5.26 Å². The zero-order valence-electron chi connectivity index (χ0n) is 11.3. The monoisotopic (exact) mass is 276 g/mol. The summed E-state index contributed by atoms with van der Waals surface area (Å²) in [6.07, 6.45) is 2.01. The number of rotatable bonds is 4. The van der Waals surface area contributed by atoms with Crippen LogP contribution in [0.4, 0.5) is 5.69 Å². The van der Waals surface area contributed by atoms with Gasteiger partial charge in [-0.1, -0.05) is 0 Å². The Bertz CT molecular complexity index is 545. The van der Waals surface area contributed by atoms with Crippen LogP contribution in [0.25, 0.3) is 0 Å². The topological polar surface area (TPSA) is 85.4 Å². The first kappa shape index (κ1) is 14.3. The first-order chi connectivity index (χ1) is 9.58. The molecule has 2 rings (SSSR count). The molecule has 0 saturated carbocycles. The zero-order valence-corrected chi connectivity index (χ0v) is 11.3. The van der Waals surface area contributed by atoms with E-state index in [9.17, 15) is 15.4 Å². The van der Waals surface area contributed by atoms with Crippen LogP contribution in [0.3, 0.4) is 0 Å². The molecule has 1 fully saturated rings. The van der Waals surface area contributed by atoms with E-state index in [1.54, 1.807) is 6.07 Å². The third-order valence-corrected chi connectivity index (χ3v) is 3.50. The predicted molar refractivity (Wildman–Crippen MR) is 71.5 cm³/mol. The first-order valence-electron chi connectivity index (χ1n) is 6.40. The Morgan fingerprint density at radius 3 is 2.90 bits per heavy atom. The average molecular weight is 276 g/mol. The van der Waals surface area contributed by atoms with E-state index in [1.165, 1.54) is 19.2 Å². The largest absolute Gasteiger partial charge is 0.496 e. The second-order valence-corrected chi connectivity index (χ2v) is 5.02. The molecule has 1 heterocycles. The number of nitro benzene ring substituents is 1. The van der Waals surface area contributed by atoms with Gasteiger partial charge >= 0.3 is 0 Å². The fraction of sp³-hybridized carbons (Fsp3) is 0.500. The summed E-state index contributed by atoms with van der Waals surface area (Å²) in [5, 5.41) is 20.3. The molecule has 1 aromatic rings. The van der Waals surface area contributed by atoms with Crippen LogP contribution in [0, 0.1) is 26.9 Å². The molecular formula is C14H16N2O4. The van der Waals surface area contributed by atoms with Gasteiger partial charge in [-0.2, -0.15) is 5.26 Å². The van der Waals surface area contributed by atoms with Crippen LogP contribution in [0.2, 0.25) is 0 Å². The molecule has 6 heteroatoms. The lowest BCUT2D eigenvalue weighted by molar-refractivity contribution is -0.385. The molecule has 0 bridgehead atoms. The van der Waals surface area contributed by atoms with Crippen LogP contribution in [0.1, 0.15) is 18.4 Å². The number of benzene rings is 1. The van der Waals surface area contributed by atoms with E-state index in [0.717, 1.165) is 18.4 Å². The van der Waals surface area contributed by atoms with Crippen molar-refractivity contribution < 1.29 is 14.4 Å². The van der Waals surface area contributed by atoms with E-state index in [4.69, 9.17) is 9.47 Å². The normalized spacial score (nSPS) is 22.0. The molecule has 1 atom stereocenters. The highest BCUT2D eigenvalue weighted by Gasteiger charge is 2.33. The maximum atomic E-state index is 10.9. The molecule has 6 nitrogen and oxygen atoms in total. The molecule has 1 aliphatic heterocycles. The summed E-state index contributed by atoms with van der Waals surface area (Å²) in [4.78, 5) is 10.5. The third-order valence-electron chi connectivity index (χ3n) is 3.50. The second kappa shape index (κ2) is 5.88. The van der Waals surface area contributed by atoms with E-state index in [1.807, 2.05) is 0 Å². The molecule has 1 unspecified atom stereocenters. The smallest absolute Gasteiger partial charge is 0.273 e. The van der Waals surface area contributed by atoms with Crippen LogP contribution < -0.4 is 4.74 Å². The van der Waals surface area contributed by atoms with Crippen molar-refractivity contribution in [3.8, 4) is 11.8 Å². The molecule has 1 aromatic carbocycles. The van der Waals surface area contributed by atoms with Crippen LogP contribution in [-0.2, 0) is 11.2 Å². The lowest BCUT2D eigenvalue weighted by Gasteiger charge is -2.30. The molecule has 0 spiro atoms. The highest BCUT2D eigenvalue weighted by atomic mass is 16.6. The van der Waals surface area contributed by atoms with E-state index < -0.39 is 10.3 Å². The Morgan fingerprint density at radius 1 is 1.55 bits per heavy atom. The molecule has 1 aliphatic rings. The number of hydrogen-bond donors (Lipinski definition) is 0. The van der Waals surface area contributed by atoms with Gasteiger partial charge in [-0.15, -0.1) is 0 Å². The van der Waals surface area contributed by atoms with Gasteiger partial charge in [0.15, 0.2) is 0 Å². The van der Waals surface area contributed by atoms with Gasteiger partial charge in [-0.05, 0) is 30.9 Å². The predicted octanol–water partition coefficient (Wildman–Crippen LogP) is 2.47. The van der Waals surface area contributed by atoms with E-state index in [2.05, 4.69) is 6.07 Å². The summed E-state index contributed by atoms with van der Waals surface area (Å²) >= 11 is 0. The summed E-state index contributed by atoms with van der Waals surface area (Å²) in [5.41, 5.74) is 0.102. The minimum Gasteiger partial charge on any atom is -0.496 e. The van der Waals surface area contributed by atoms with E-state index in [0.29, 0.717) is 25.4 Å². The number of hydrogen-bond acceptors (Lipinski definition) is 5. The van der Waals surface area contributed by atoms with Crippen molar-refractivity contribution in [2.75, 3.05) is 20.3 Å². The Morgan fingerprint density at radius 2 is 2.35 bits per heavy atom. The molecule has 0 aromatic heterocycles. The summed E-state index contributed by atoms with van der Waals surface area (Å²) < 4.78 is 10.5. The van der Waals surface area contributed by atoms with Crippen molar-refractivity contribution in [1.82, 2.24) is 0 Å². The Labute approximate surface area is 117 Å². The molecule has 106 valence electrons. The van der Waals surface area contributed by atoms with Gasteiger partial charge in [0.1, 0.15) is 5.75 Å². The lowest BCUT2D eigenvalue weighted by atomic mass is 9.78. The fourth-order valence-corrected chi connectivity index (χ4v) is 2.48. The molecule has 0 N–H and O–H groups in total. The first-order valence-corrected chi connectivity index (χ1v) is 6.40. The highest BCUT2D eigenvalue weighted by molar-refractivity contribution is 5.43. The van der Waals surface area contributed by atoms with Crippen molar-refractivity contribution in [2.45, 2.75) is 19.3 Å². The van der Waals surface area contributed by atoms with Crippen molar-refractivity contribution in [3.63, 3.8) is 0 Å². The van der Waals surface area contributed by atoms with Gasteiger partial charge in [0, 0.05) is 12.7 Å². The molecular weight excluding hydrogens is 260 g/mol. The number of nitro groups is 1. The summed E-state index contributed by atoms with van der Waals surface area (Å²) in [5.74, 6) is 0.430. The van der Waals surface area contributed by atoms with Crippen molar-refractivity contribution in [3.05, 3.63) is 33.9 Å². The summed E-state index contributed by atoms with van der Waals surface area (Å²) in [6, 6.07) is 6.92. The highest BCUT2D eigenvalue weighted by Crippen LogP contribution is 2.34. The summed E-state index contributed by atoms with van der Waals surface area (Å²) in [6.45, 7) is 1.04. The minimum absolute atomic E-state index is 0.0239. The van der Waals surface area contributed by atoms with E-state index in [-0.39, 0.29) is 5.69 Å². The lowest BCUT2D eigenvalue weighted by Crippen LogP contribution is -2.32. The number of nitriles is 1. The zero-order chi connectivity index (χ0) is 14.6. The van der Waals surface area contributed by atoms with Gasteiger partial charge in [-0.25, -0.2) is 0 Å². The quantitative estimate of drug-likeness (QED) is 0.623. The van der Waals surface area contributed by atoms with Crippen molar-refractivity contribution in [2.24, 2.45) is 5.41 Å². The molecule has 1 saturated heterocycles. The fourth-order valence-electron chi connectivity index (χ4n) is 2.48. The van der Waals surface area contributed by atoms with Gasteiger partial charge in [0.2, 0.25) is 0 Å². The van der Waals surface area contributed by atoms with Crippen LogP contribution in [0.15, 0.2) is 18.2 Å². The maximum absolute atomic E-state index is 10.9. The molecule has 0 radical (unpaired) electrons. The van der Waals surface area contributed by atoms with Gasteiger partial charge in [-0.3, -0.25) is 10.1 Å². The maximum Gasteiger partial charge on any atom is 0.273 e. The second-order valence-electron chi connectivity index (χ2n) is 5.02. The van der Waals surface area contributed by atoms with Gasteiger partial charge < -0.3 is 9.47 Å². The number of non-ortho nitro benzene ring substituents is 1. The molecule has 20 heavy (non-hydrogen) atoms. The summed E-state index contributed by atoms with van der Waals surface area (Å²) in [7, 11) is 1.46. The molecule has 0 amide bonds. The van der Waals surface area contributed by atoms with E-state index >= 15 is 0 Å².